The number of alkyl halides is 3. The number of hydrogen-bond donors (Lipinski definition) is 0. The van der Waals surface area contributed by atoms with Gasteiger partial charge < -0.3 is 14.2 Å². The number of rotatable bonds is 2. The Morgan fingerprint density at radius 3 is 2.47 bits per heavy atom. The number of hydrogen-bond acceptors (Lipinski definition) is 4. The number of carbonyl (C=O) groups excluding carboxylic acids is 1. The van der Waals surface area contributed by atoms with Crippen molar-refractivity contribution in [2.75, 3.05) is 31.1 Å². The first-order valence-electron chi connectivity index (χ1n) is 9.11. The fourth-order valence-electron chi connectivity index (χ4n) is 3.48. The third kappa shape index (κ3) is 3.81. The number of aryl methyl sites for hydroxylation is 1. The number of amides is 1. The van der Waals surface area contributed by atoms with Crippen molar-refractivity contribution in [3.8, 4) is 0 Å². The highest BCUT2D eigenvalue weighted by Crippen LogP contribution is 2.34. The number of pyridine rings is 1. The summed E-state index contributed by atoms with van der Waals surface area (Å²) in [5, 5.41) is 1.26. The zero-order chi connectivity index (χ0) is 21.6. The molecule has 158 valence electrons. The molecule has 0 N–H and O–H groups in total. The van der Waals surface area contributed by atoms with E-state index >= 15 is 0 Å². The molecule has 30 heavy (non-hydrogen) atoms. The lowest BCUT2D eigenvalue weighted by Gasteiger charge is -2.35. The van der Waals surface area contributed by atoms with Gasteiger partial charge in [0, 0.05) is 48.3 Å². The fraction of sp³-hybridized carbons (Fsp3) is 0.300. The molecular weight excluding hydrogens is 442 g/mol. The van der Waals surface area contributed by atoms with E-state index in [4.69, 9.17) is 27.6 Å². The van der Waals surface area contributed by atoms with Gasteiger partial charge in [0.1, 0.15) is 11.4 Å². The predicted octanol–water partition coefficient (Wildman–Crippen LogP) is 5.42. The molecule has 0 atom stereocenters. The van der Waals surface area contributed by atoms with Gasteiger partial charge in [-0.05, 0) is 31.2 Å². The molecule has 3 aromatic rings. The lowest BCUT2D eigenvalue weighted by Crippen LogP contribution is -2.49. The first kappa shape index (κ1) is 20.8. The maximum Gasteiger partial charge on any atom is 0.417 e. The van der Waals surface area contributed by atoms with Gasteiger partial charge in [-0.2, -0.15) is 13.2 Å². The second kappa shape index (κ2) is 7.67. The molecule has 0 radical (unpaired) electrons. The Balaban J connectivity index is 1.49. The summed E-state index contributed by atoms with van der Waals surface area (Å²) < 4.78 is 44.1. The molecule has 1 fully saturated rings. The Morgan fingerprint density at radius 1 is 1.13 bits per heavy atom. The van der Waals surface area contributed by atoms with E-state index in [0.29, 0.717) is 42.3 Å². The third-order valence-electron chi connectivity index (χ3n) is 5.11. The monoisotopic (exact) mass is 457 g/mol. The smallest absolute Gasteiger partial charge is 0.417 e. The van der Waals surface area contributed by atoms with Gasteiger partial charge in [0.2, 0.25) is 0 Å². The van der Waals surface area contributed by atoms with Gasteiger partial charge in [-0.1, -0.05) is 23.2 Å². The SMILES string of the molecule is Cc1c(C(=O)N2CCN(c3ncc(C(F)(F)F)cc3Cl)CC2)oc2ccc(Cl)cc12. The van der Waals surface area contributed by atoms with E-state index in [1.807, 2.05) is 0 Å². The minimum Gasteiger partial charge on any atom is -0.451 e. The summed E-state index contributed by atoms with van der Waals surface area (Å²) in [7, 11) is 0. The summed E-state index contributed by atoms with van der Waals surface area (Å²) in [5.74, 6) is 0.281. The van der Waals surface area contributed by atoms with Crippen molar-refractivity contribution in [1.29, 1.82) is 0 Å². The fourth-order valence-corrected chi connectivity index (χ4v) is 3.94. The molecule has 0 bridgehead atoms. The van der Waals surface area contributed by atoms with Gasteiger partial charge in [0.05, 0.1) is 10.6 Å². The van der Waals surface area contributed by atoms with Crippen molar-refractivity contribution in [2.45, 2.75) is 13.1 Å². The molecule has 4 rings (SSSR count). The van der Waals surface area contributed by atoms with Crippen LogP contribution in [0.4, 0.5) is 19.0 Å². The van der Waals surface area contributed by atoms with Crippen molar-refractivity contribution in [1.82, 2.24) is 9.88 Å². The molecular formula is C20H16Cl2F3N3O2. The summed E-state index contributed by atoms with van der Waals surface area (Å²) in [6.07, 6.45) is -3.74. The number of furan rings is 1. The van der Waals surface area contributed by atoms with E-state index < -0.39 is 11.7 Å². The van der Waals surface area contributed by atoms with Crippen LogP contribution in [0.3, 0.4) is 0 Å². The number of halogens is 5. The molecule has 1 saturated heterocycles. The van der Waals surface area contributed by atoms with E-state index in [1.54, 1.807) is 34.9 Å². The third-order valence-corrected chi connectivity index (χ3v) is 5.62. The van der Waals surface area contributed by atoms with Gasteiger partial charge in [0.25, 0.3) is 5.91 Å². The number of fused-ring (bicyclic) bond motifs is 1. The van der Waals surface area contributed by atoms with Crippen molar-refractivity contribution < 1.29 is 22.4 Å². The van der Waals surface area contributed by atoms with Gasteiger partial charge in [0.15, 0.2) is 5.76 Å². The summed E-state index contributed by atoms with van der Waals surface area (Å²) in [6.45, 7) is 3.28. The molecule has 0 aliphatic carbocycles. The highest BCUT2D eigenvalue weighted by molar-refractivity contribution is 6.33. The standard InChI is InChI=1S/C20H16Cl2F3N3O2/c1-11-14-9-13(21)2-3-16(14)30-17(11)19(29)28-6-4-27(5-7-28)18-15(22)8-12(10-26-18)20(23,24)25/h2-3,8-10H,4-7H2,1H3. The average Bonchev–Trinajstić information content (AvgIpc) is 3.03. The van der Waals surface area contributed by atoms with Crippen LogP contribution in [-0.4, -0.2) is 42.0 Å². The molecule has 1 amide bonds. The molecule has 10 heteroatoms. The number of nitrogens with zero attached hydrogens (tertiary/aromatic N) is 3. The van der Waals surface area contributed by atoms with Crippen LogP contribution >= 0.6 is 23.2 Å². The van der Waals surface area contributed by atoms with E-state index in [9.17, 15) is 18.0 Å². The summed E-state index contributed by atoms with van der Waals surface area (Å²) in [5.41, 5.74) is 0.400. The Kier molecular flexibility index (Phi) is 5.32. The van der Waals surface area contributed by atoms with Crippen LogP contribution in [0, 0.1) is 6.92 Å². The molecule has 3 heterocycles. The van der Waals surface area contributed by atoms with E-state index in [2.05, 4.69) is 4.98 Å². The molecule has 1 aromatic carbocycles. The topological polar surface area (TPSA) is 49.6 Å². The highest BCUT2D eigenvalue weighted by atomic mass is 35.5. The van der Waals surface area contributed by atoms with Crippen LogP contribution in [0.1, 0.15) is 21.7 Å². The maximum atomic E-state index is 13.0. The molecule has 0 unspecified atom stereocenters. The first-order valence-corrected chi connectivity index (χ1v) is 9.86. The highest BCUT2D eigenvalue weighted by Gasteiger charge is 2.33. The molecule has 0 spiro atoms. The van der Waals surface area contributed by atoms with Crippen molar-refractivity contribution in [3.05, 3.63) is 57.4 Å². The van der Waals surface area contributed by atoms with Crippen LogP contribution in [0.2, 0.25) is 10.0 Å². The van der Waals surface area contributed by atoms with E-state index in [0.717, 1.165) is 17.6 Å². The lowest BCUT2D eigenvalue weighted by molar-refractivity contribution is -0.137. The minimum atomic E-state index is -4.51. The molecule has 5 nitrogen and oxygen atoms in total. The second-order valence-electron chi connectivity index (χ2n) is 7.00. The zero-order valence-electron chi connectivity index (χ0n) is 15.8. The molecule has 0 saturated carbocycles. The largest absolute Gasteiger partial charge is 0.451 e. The Hall–Kier alpha value is -2.45. The number of piperazine rings is 1. The van der Waals surface area contributed by atoms with Crippen LogP contribution in [0.15, 0.2) is 34.9 Å². The number of carbonyl (C=O) groups is 1. The van der Waals surface area contributed by atoms with E-state index in [1.165, 1.54) is 0 Å². The van der Waals surface area contributed by atoms with Gasteiger partial charge in [-0.15, -0.1) is 0 Å². The van der Waals surface area contributed by atoms with Crippen LogP contribution in [0.25, 0.3) is 11.0 Å². The van der Waals surface area contributed by atoms with Crippen LogP contribution in [0.5, 0.6) is 0 Å². The average molecular weight is 458 g/mol. The second-order valence-corrected chi connectivity index (χ2v) is 7.85. The van der Waals surface area contributed by atoms with Gasteiger partial charge >= 0.3 is 6.18 Å². The molecule has 1 aliphatic rings. The Labute approximate surface area is 180 Å². The first-order chi connectivity index (χ1) is 14.1. The Bertz CT molecular complexity index is 1120. The zero-order valence-corrected chi connectivity index (χ0v) is 17.3. The number of anilines is 1. The van der Waals surface area contributed by atoms with Crippen LogP contribution < -0.4 is 4.90 Å². The van der Waals surface area contributed by atoms with Crippen molar-refractivity contribution >= 4 is 45.9 Å². The summed E-state index contributed by atoms with van der Waals surface area (Å²) in [6, 6.07) is 6.03. The van der Waals surface area contributed by atoms with Crippen molar-refractivity contribution in [3.63, 3.8) is 0 Å². The number of aromatic nitrogens is 1. The normalized spacial score (nSPS) is 15.1. The number of benzene rings is 1. The lowest BCUT2D eigenvalue weighted by atomic mass is 10.1. The summed E-state index contributed by atoms with van der Waals surface area (Å²) in [4.78, 5) is 20.2. The van der Waals surface area contributed by atoms with Gasteiger partial charge in [-0.3, -0.25) is 4.79 Å². The van der Waals surface area contributed by atoms with E-state index in [-0.39, 0.29) is 22.5 Å². The summed E-state index contributed by atoms with van der Waals surface area (Å²) >= 11 is 12.1. The Morgan fingerprint density at radius 2 is 1.83 bits per heavy atom. The van der Waals surface area contributed by atoms with Crippen LogP contribution in [-0.2, 0) is 6.18 Å². The quantitative estimate of drug-likeness (QED) is 0.515. The minimum absolute atomic E-state index is 0.0744. The maximum absolute atomic E-state index is 13.0. The van der Waals surface area contributed by atoms with Gasteiger partial charge in [-0.25, -0.2) is 4.98 Å². The molecule has 2 aromatic heterocycles. The predicted molar refractivity (Wildman–Crippen MR) is 108 cm³/mol. The molecule has 1 aliphatic heterocycles. The van der Waals surface area contributed by atoms with Crippen molar-refractivity contribution in [2.24, 2.45) is 0 Å².